The summed E-state index contributed by atoms with van der Waals surface area (Å²) in [4.78, 5) is 41.6. The number of aromatic nitrogens is 2. The number of carbonyl (C=O) groups is 3. The summed E-state index contributed by atoms with van der Waals surface area (Å²) >= 11 is 3.42. The van der Waals surface area contributed by atoms with Gasteiger partial charge in [-0.3, -0.25) is 19.2 Å². The molecule has 4 aromatic rings. The molecule has 1 aliphatic heterocycles. The molecule has 0 aliphatic carbocycles. The van der Waals surface area contributed by atoms with E-state index in [1.807, 2.05) is 84.5 Å². The number of aryl methyl sites for hydroxylation is 1. The fourth-order valence-electron chi connectivity index (χ4n) is 4.77. The first-order valence-corrected chi connectivity index (χ1v) is 14.0. The SMILES string of the molecule is Cc1cc(Br)ccc1NC(=O)CCN1C(=O)CCN(Cc2cn(Cc3ccccc3)nc2-c2ccccc2)C1=O. The minimum Gasteiger partial charge on any atom is -0.326 e. The van der Waals surface area contributed by atoms with Crippen LogP contribution in [0.4, 0.5) is 10.5 Å². The molecule has 9 heteroatoms. The van der Waals surface area contributed by atoms with Gasteiger partial charge in [0.25, 0.3) is 0 Å². The third-order valence-corrected chi connectivity index (χ3v) is 7.35. The van der Waals surface area contributed by atoms with Gasteiger partial charge in [-0.05, 0) is 36.2 Å². The average Bonchev–Trinajstić information content (AvgIpc) is 3.34. The van der Waals surface area contributed by atoms with Gasteiger partial charge in [-0.1, -0.05) is 76.6 Å². The van der Waals surface area contributed by atoms with Gasteiger partial charge in [0.05, 0.1) is 18.8 Å². The van der Waals surface area contributed by atoms with E-state index >= 15 is 0 Å². The number of nitrogens with zero attached hydrogens (tertiary/aromatic N) is 4. The third kappa shape index (κ3) is 6.48. The molecular weight excluding hydrogens is 570 g/mol. The van der Waals surface area contributed by atoms with Crippen molar-refractivity contribution in [3.05, 3.63) is 106 Å². The number of hydrogen-bond donors (Lipinski definition) is 1. The molecule has 1 aromatic heterocycles. The first kappa shape index (κ1) is 27.3. The topological polar surface area (TPSA) is 87.5 Å². The number of urea groups is 1. The van der Waals surface area contributed by atoms with Crippen LogP contribution in [0.5, 0.6) is 0 Å². The van der Waals surface area contributed by atoms with E-state index in [9.17, 15) is 14.4 Å². The Morgan fingerprint density at radius 2 is 1.70 bits per heavy atom. The molecule has 40 heavy (non-hydrogen) atoms. The van der Waals surface area contributed by atoms with Crippen LogP contribution in [0.1, 0.15) is 29.5 Å². The molecule has 1 aliphatic rings. The van der Waals surface area contributed by atoms with Crippen LogP contribution in [-0.4, -0.2) is 50.5 Å². The summed E-state index contributed by atoms with van der Waals surface area (Å²) < 4.78 is 2.81. The van der Waals surface area contributed by atoms with Crippen molar-refractivity contribution in [3.8, 4) is 11.3 Å². The maximum absolute atomic E-state index is 13.4. The highest BCUT2D eigenvalue weighted by Crippen LogP contribution is 2.26. The summed E-state index contributed by atoms with van der Waals surface area (Å²) in [5, 5.41) is 7.73. The molecule has 0 unspecified atom stereocenters. The van der Waals surface area contributed by atoms with Gasteiger partial charge < -0.3 is 10.2 Å². The number of nitrogens with one attached hydrogen (secondary N) is 1. The van der Waals surface area contributed by atoms with Crippen molar-refractivity contribution in [1.29, 1.82) is 0 Å². The van der Waals surface area contributed by atoms with Crippen LogP contribution in [0, 0.1) is 6.92 Å². The minimum absolute atomic E-state index is 0.0189. The van der Waals surface area contributed by atoms with E-state index in [4.69, 9.17) is 5.10 Å². The van der Waals surface area contributed by atoms with Gasteiger partial charge in [-0.25, -0.2) is 4.79 Å². The second-order valence-corrected chi connectivity index (χ2v) is 10.7. The standard InChI is InChI=1S/C31H30BrN5O3/c1-22-18-26(32)12-13-27(22)33-28(38)14-17-37-29(39)15-16-35(31(37)40)20-25-21-36(19-23-8-4-2-5-9-23)34-30(25)24-10-6-3-7-11-24/h2-13,18,21H,14-17,19-20H2,1H3,(H,33,38). The Labute approximate surface area is 241 Å². The first-order chi connectivity index (χ1) is 19.4. The lowest BCUT2D eigenvalue weighted by Gasteiger charge is -2.34. The van der Waals surface area contributed by atoms with Gasteiger partial charge in [0.1, 0.15) is 0 Å². The fraction of sp³-hybridized carbons (Fsp3) is 0.226. The smallest absolute Gasteiger partial charge is 0.326 e. The van der Waals surface area contributed by atoms with Crippen molar-refractivity contribution in [3.63, 3.8) is 0 Å². The van der Waals surface area contributed by atoms with Crippen molar-refractivity contribution in [2.75, 3.05) is 18.4 Å². The quantitative estimate of drug-likeness (QED) is 0.261. The predicted octanol–water partition coefficient (Wildman–Crippen LogP) is 5.85. The van der Waals surface area contributed by atoms with E-state index in [1.54, 1.807) is 4.90 Å². The van der Waals surface area contributed by atoms with Crippen molar-refractivity contribution in [2.45, 2.75) is 32.9 Å². The molecule has 3 aromatic carbocycles. The normalized spacial score (nSPS) is 13.6. The lowest BCUT2D eigenvalue weighted by atomic mass is 10.1. The molecule has 0 spiro atoms. The molecule has 2 heterocycles. The molecule has 1 saturated heterocycles. The van der Waals surface area contributed by atoms with Gasteiger partial charge in [0.2, 0.25) is 11.8 Å². The number of imide groups is 1. The molecule has 1 N–H and O–H groups in total. The molecule has 4 amide bonds. The molecule has 1 fully saturated rings. The number of carbonyl (C=O) groups excluding carboxylic acids is 3. The zero-order valence-corrected chi connectivity index (χ0v) is 23.8. The largest absolute Gasteiger partial charge is 0.327 e. The Morgan fingerprint density at radius 1 is 0.975 bits per heavy atom. The first-order valence-electron chi connectivity index (χ1n) is 13.2. The van der Waals surface area contributed by atoms with Crippen molar-refractivity contribution in [2.24, 2.45) is 0 Å². The van der Waals surface area contributed by atoms with Gasteiger partial charge in [-0.2, -0.15) is 5.10 Å². The van der Waals surface area contributed by atoms with E-state index < -0.39 is 6.03 Å². The fourth-order valence-corrected chi connectivity index (χ4v) is 5.25. The number of benzene rings is 3. The number of halogens is 1. The van der Waals surface area contributed by atoms with Crippen LogP contribution >= 0.6 is 15.9 Å². The van der Waals surface area contributed by atoms with Gasteiger partial charge >= 0.3 is 6.03 Å². The number of amides is 4. The van der Waals surface area contributed by atoms with Crippen molar-refractivity contribution >= 4 is 39.5 Å². The molecule has 0 saturated carbocycles. The van der Waals surface area contributed by atoms with Gasteiger partial charge in [-0.15, -0.1) is 0 Å². The van der Waals surface area contributed by atoms with E-state index in [2.05, 4.69) is 33.4 Å². The summed E-state index contributed by atoms with van der Waals surface area (Å²) in [6.45, 7) is 3.16. The molecule has 0 atom stereocenters. The summed E-state index contributed by atoms with van der Waals surface area (Å²) in [6.07, 6.45) is 2.19. The number of rotatable bonds is 9. The molecular formula is C31H30BrN5O3. The maximum Gasteiger partial charge on any atom is 0.327 e. The monoisotopic (exact) mass is 599 g/mol. The van der Waals surface area contributed by atoms with E-state index in [0.29, 0.717) is 25.3 Å². The van der Waals surface area contributed by atoms with Crippen LogP contribution in [0.3, 0.4) is 0 Å². The Balaban J connectivity index is 1.29. The molecule has 204 valence electrons. The Hall–Kier alpha value is -4.24. The van der Waals surface area contributed by atoms with Gasteiger partial charge in [0.15, 0.2) is 0 Å². The molecule has 8 nitrogen and oxygen atoms in total. The lowest BCUT2D eigenvalue weighted by Crippen LogP contribution is -2.52. The number of anilines is 1. The van der Waals surface area contributed by atoms with Crippen LogP contribution in [0.2, 0.25) is 0 Å². The highest BCUT2D eigenvalue weighted by Gasteiger charge is 2.33. The van der Waals surface area contributed by atoms with E-state index in [-0.39, 0.29) is 31.2 Å². The third-order valence-electron chi connectivity index (χ3n) is 6.86. The average molecular weight is 601 g/mol. The second kappa shape index (κ2) is 12.3. The zero-order valence-electron chi connectivity index (χ0n) is 22.2. The zero-order chi connectivity index (χ0) is 28.1. The summed E-state index contributed by atoms with van der Waals surface area (Å²) in [5.74, 6) is -0.520. The Kier molecular flexibility index (Phi) is 8.40. The Morgan fingerprint density at radius 3 is 2.42 bits per heavy atom. The second-order valence-electron chi connectivity index (χ2n) is 9.81. The highest BCUT2D eigenvalue weighted by molar-refractivity contribution is 9.10. The van der Waals surface area contributed by atoms with E-state index in [0.717, 1.165) is 32.4 Å². The summed E-state index contributed by atoms with van der Waals surface area (Å²) in [5.41, 5.74) is 5.40. The maximum atomic E-state index is 13.4. The van der Waals surface area contributed by atoms with Crippen LogP contribution < -0.4 is 5.32 Å². The molecule has 5 rings (SSSR count). The highest BCUT2D eigenvalue weighted by atomic mass is 79.9. The molecule has 0 radical (unpaired) electrons. The predicted molar refractivity (Wildman–Crippen MR) is 157 cm³/mol. The molecule has 0 bridgehead atoms. The van der Waals surface area contributed by atoms with Crippen LogP contribution in [0.25, 0.3) is 11.3 Å². The summed E-state index contributed by atoms with van der Waals surface area (Å²) in [6, 6.07) is 25.1. The van der Waals surface area contributed by atoms with Gasteiger partial charge in [0, 0.05) is 53.4 Å². The van der Waals surface area contributed by atoms with Crippen LogP contribution in [0.15, 0.2) is 89.5 Å². The van der Waals surface area contributed by atoms with E-state index in [1.165, 1.54) is 4.90 Å². The Bertz CT molecular complexity index is 1520. The van der Waals surface area contributed by atoms with Crippen molar-refractivity contribution < 1.29 is 14.4 Å². The summed E-state index contributed by atoms with van der Waals surface area (Å²) in [7, 11) is 0. The van der Waals surface area contributed by atoms with Crippen molar-refractivity contribution in [1.82, 2.24) is 19.6 Å². The lowest BCUT2D eigenvalue weighted by molar-refractivity contribution is -0.131. The van der Waals surface area contributed by atoms with Crippen LogP contribution in [-0.2, 0) is 22.7 Å². The minimum atomic E-state index is -0.390. The number of hydrogen-bond acceptors (Lipinski definition) is 4.